The number of nitrogens with zero attached hydrogens (tertiary/aromatic N) is 2. The Labute approximate surface area is 53.1 Å². The van der Waals surface area contributed by atoms with Crippen molar-refractivity contribution >= 4 is 17.7 Å². The average Bonchev–Trinajstić information content (AvgIpc) is 2.14. The Morgan fingerprint density at radius 1 is 1.88 bits per heavy atom. The Hall–Kier alpha value is -0.700. The zero-order valence-electron chi connectivity index (χ0n) is 4.53. The van der Waals surface area contributed by atoms with E-state index in [1.807, 2.05) is 13.1 Å². The summed E-state index contributed by atoms with van der Waals surface area (Å²) in [6.45, 7) is 1.97. The van der Waals surface area contributed by atoms with Gasteiger partial charge in [-0.05, 0) is 12.5 Å². The molecule has 0 fully saturated rings. The fraction of sp³-hybridized carbons (Fsp3) is 0.200. The van der Waals surface area contributed by atoms with Crippen LogP contribution in [0.15, 0.2) is 12.4 Å². The first-order valence-corrected chi connectivity index (χ1v) is 2.76. The van der Waals surface area contributed by atoms with Gasteiger partial charge in [-0.2, -0.15) is 5.10 Å². The summed E-state index contributed by atoms with van der Waals surface area (Å²) < 4.78 is 1.60. The molecule has 0 N–H and O–H groups in total. The van der Waals surface area contributed by atoms with E-state index in [9.17, 15) is 0 Å². The zero-order chi connectivity index (χ0) is 5.98. The van der Waals surface area contributed by atoms with Crippen molar-refractivity contribution in [3.05, 3.63) is 18.0 Å². The van der Waals surface area contributed by atoms with E-state index in [-0.39, 0.29) is 0 Å². The molecule has 0 spiro atoms. The van der Waals surface area contributed by atoms with E-state index in [4.69, 9.17) is 0 Å². The van der Waals surface area contributed by atoms with Crippen LogP contribution in [0.2, 0.25) is 0 Å². The molecule has 2 nitrogen and oxygen atoms in total. The van der Waals surface area contributed by atoms with E-state index in [0.717, 1.165) is 5.56 Å². The van der Waals surface area contributed by atoms with Crippen molar-refractivity contribution < 1.29 is 0 Å². The molecule has 3 heteroatoms. The van der Waals surface area contributed by atoms with Gasteiger partial charge >= 0.3 is 0 Å². The molecule has 0 atom stereocenters. The van der Waals surface area contributed by atoms with Gasteiger partial charge in [-0.1, -0.05) is 12.2 Å². The fourth-order valence-corrected chi connectivity index (χ4v) is 0.606. The van der Waals surface area contributed by atoms with E-state index >= 15 is 0 Å². The highest BCUT2D eigenvalue weighted by molar-refractivity contribution is 7.78. The number of aromatic nitrogens is 2. The molecule has 1 heterocycles. The first-order chi connectivity index (χ1) is 3.83. The van der Waals surface area contributed by atoms with Gasteiger partial charge in [0.05, 0.1) is 11.7 Å². The molecule has 1 aromatic heterocycles. The summed E-state index contributed by atoms with van der Waals surface area (Å²) in [6.07, 6.45) is 3.63. The van der Waals surface area contributed by atoms with Crippen molar-refractivity contribution in [3.63, 3.8) is 0 Å². The van der Waals surface area contributed by atoms with Gasteiger partial charge in [-0.15, -0.1) is 0 Å². The third-order valence-corrected chi connectivity index (χ3v) is 1.05. The van der Waals surface area contributed by atoms with Crippen LogP contribution in [0.4, 0.5) is 0 Å². The van der Waals surface area contributed by atoms with E-state index in [1.165, 1.54) is 5.49 Å². The lowest BCUT2D eigenvalue weighted by molar-refractivity contribution is 0.970. The van der Waals surface area contributed by atoms with Crippen molar-refractivity contribution in [1.82, 2.24) is 9.78 Å². The molecule has 0 amide bonds. The maximum Gasteiger partial charge on any atom is 0.0913 e. The van der Waals surface area contributed by atoms with Crippen molar-refractivity contribution in [3.8, 4) is 0 Å². The molecular formula is C5H6N2S. The summed E-state index contributed by atoms with van der Waals surface area (Å²) in [5, 5.41) is 3.89. The first-order valence-electron chi connectivity index (χ1n) is 2.29. The van der Waals surface area contributed by atoms with Gasteiger partial charge in [0.1, 0.15) is 0 Å². The van der Waals surface area contributed by atoms with Crippen LogP contribution < -0.4 is 0 Å². The van der Waals surface area contributed by atoms with Crippen LogP contribution in [0.5, 0.6) is 0 Å². The first kappa shape index (κ1) is 5.44. The lowest BCUT2D eigenvalue weighted by Crippen LogP contribution is -1.90. The minimum Gasteiger partial charge on any atom is -0.237 e. The SMILES string of the molecule is Cc1cnn(C=S)c1. The summed E-state index contributed by atoms with van der Waals surface area (Å²) in [4.78, 5) is 0. The lowest BCUT2D eigenvalue weighted by atomic mass is 10.4. The van der Waals surface area contributed by atoms with Crippen LogP contribution in [0.3, 0.4) is 0 Å². The zero-order valence-corrected chi connectivity index (χ0v) is 5.35. The van der Waals surface area contributed by atoms with Gasteiger partial charge in [0.15, 0.2) is 0 Å². The van der Waals surface area contributed by atoms with Crippen LogP contribution in [0, 0.1) is 6.92 Å². The standard InChI is InChI=1S/C5H6N2S/c1-5-2-6-7(3-5)4-8/h2-4H,1H3. The van der Waals surface area contributed by atoms with Crippen molar-refractivity contribution in [2.24, 2.45) is 0 Å². The molecule has 0 radical (unpaired) electrons. The Balaban J connectivity index is 3.00. The average molecular weight is 126 g/mol. The summed E-state index contributed by atoms with van der Waals surface area (Å²) in [7, 11) is 0. The molecule has 0 saturated carbocycles. The molecule has 1 aromatic rings. The summed E-state index contributed by atoms with van der Waals surface area (Å²) in [6, 6.07) is 0. The topological polar surface area (TPSA) is 17.8 Å². The molecule has 1 rings (SSSR count). The Morgan fingerprint density at radius 3 is 2.88 bits per heavy atom. The summed E-state index contributed by atoms with van der Waals surface area (Å²) in [5.74, 6) is 0. The van der Waals surface area contributed by atoms with Crippen molar-refractivity contribution in [2.75, 3.05) is 0 Å². The second-order valence-electron chi connectivity index (χ2n) is 1.60. The summed E-state index contributed by atoms with van der Waals surface area (Å²) in [5.41, 5.74) is 2.62. The van der Waals surface area contributed by atoms with Gasteiger partial charge in [0, 0.05) is 6.20 Å². The lowest BCUT2D eigenvalue weighted by Gasteiger charge is -1.80. The molecule has 8 heavy (non-hydrogen) atoms. The maximum atomic E-state index is 4.61. The molecule has 0 bridgehead atoms. The Bertz CT molecular complexity index is 192. The van der Waals surface area contributed by atoms with Gasteiger partial charge in [0.2, 0.25) is 0 Å². The number of hydrogen-bond donors (Lipinski definition) is 0. The molecule has 0 aliphatic rings. The van der Waals surface area contributed by atoms with Crippen molar-refractivity contribution in [1.29, 1.82) is 0 Å². The van der Waals surface area contributed by atoms with E-state index in [2.05, 4.69) is 17.3 Å². The highest BCUT2D eigenvalue weighted by Gasteiger charge is 1.84. The molecule has 0 aromatic carbocycles. The number of hydrogen-bond acceptors (Lipinski definition) is 2. The predicted octanol–water partition coefficient (Wildman–Crippen LogP) is 0.997. The van der Waals surface area contributed by atoms with Crippen LogP contribution >= 0.6 is 12.2 Å². The normalized spacial score (nSPS) is 9.12. The third kappa shape index (κ3) is 0.924. The number of aryl methyl sites for hydroxylation is 1. The Morgan fingerprint density at radius 2 is 2.62 bits per heavy atom. The molecule has 42 valence electrons. The van der Waals surface area contributed by atoms with E-state index in [1.54, 1.807) is 10.9 Å². The van der Waals surface area contributed by atoms with Crippen molar-refractivity contribution in [2.45, 2.75) is 6.92 Å². The minimum absolute atomic E-state index is 1.13. The Kier molecular flexibility index (Phi) is 1.39. The predicted molar refractivity (Wildman–Crippen MR) is 36.0 cm³/mol. The highest BCUT2D eigenvalue weighted by Crippen LogP contribution is 1.89. The monoisotopic (exact) mass is 126 g/mol. The minimum atomic E-state index is 1.13. The quantitative estimate of drug-likeness (QED) is 0.522. The summed E-state index contributed by atoms with van der Waals surface area (Å²) >= 11 is 4.61. The number of thiocarbonyl (C=S) groups is 1. The van der Waals surface area contributed by atoms with Crippen LogP contribution in [0.1, 0.15) is 5.56 Å². The van der Waals surface area contributed by atoms with Crippen LogP contribution in [-0.4, -0.2) is 15.3 Å². The van der Waals surface area contributed by atoms with E-state index < -0.39 is 0 Å². The fourth-order valence-electron chi connectivity index (χ4n) is 0.491. The van der Waals surface area contributed by atoms with Crippen LogP contribution in [-0.2, 0) is 0 Å². The third-order valence-electron chi connectivity index (χ3n) is 0.839. The molecule has 0 saturated heterocycles. The largest absolute Gasteiger partial charge is 0.237 e. The highest BCUT2D eigenvalue weighted by atomic mass is 32.1. The van der Waals surface area contributed by atoms with Gasteiger partial charge in [0.25, 0.3) is 0 Å². The molecule has 0 aliphatic heterocycles. The molecular weight excluding hydrogens is 120 g/mol. The second kappa shape index (κ2) is 2.05. The smallest absolute Gasteiger partial charge is 0.0913 e. The maximum absolute atomic E-state index is 4.61. The van der Waals surface area contributed by atoms with Gasteiger partial charge in [-0.3, -0.25) is 0 Å². The molecule has 0 aliphatic carbocycles. The second-order valence-corrected chi connectivity index (χ2v) is 1.81. The van der Waals surface area contributed by atoms with Crippen LogP contribution in [0.25, 0.3) is 0 Å². The van der Waals surface area contributed by atoms with Gasteiger partial charge in [-0.25, -0.2) is 4.68 Å². The van der Waals surface area contributed by atoms with Gasteiger partial charge < -0.3 is 0 Å². The number of rotatable bonds is 1. The van der Waals surface area contributed by atoms with E-state index in [0.29, 0.717) is 0 Å². The molecule has 0 unspecified atom stereocenters.